The van der Waals surface area contributed by atoms with Gasteiger partial charge >= 0.3 is 71.6 Å². The van der Waals surface area contributed by atoms with Crippen LogP contribution in [0.3, 0.4) is 0 Å². The molecule has 3 unspecified atom stereocenters. The summed E-state index contributed by atoms with van der Waals surface area (Å²) < 4.78 is 75.4. The van der Waals surface area contributed by atoms with Gasteiger partial charge in [-0.1, -0.05) is 93.5 Å². The van der Waals surface area contributed by atoms with Crippen molar-refractivity contribution in [2.45, 2.75) is 245 Å². The van der Waals surface area contributed by atoms with Crippen LogP contribution in [0, 0.1) is 11.3 Å². The minimum Gasteiger partial charge on any atom is -0.468 e. The Morgan fingerprint density at radius 1 is 0.408 bits per heavy atom. The minimum absolute atomic E-state index is 0.0121. The zero-order valence-electron chi connectivity index (χ0n) is 61.6. The Bertz CT molecular complexity index is 2290. The van der Waals surface area contributed by atoms with E-state index >= 15 is 0 Å². The highest BCUT2D eigenvalue weighted by atomic mass is 79.9. The Balaban J connectivity index is 0.00000112. The number of carbonyl (C=O) groups excluding carboxylic acids is 14. The number of carbonyl (C=O) groups is 14. The fourth-order valence-electron chi connectivity index (χ4n) is 8.65. The minimum atomic E-state index is -0.468. The third-order valence-electron chi connectivity index (χ3n) is 14.9. The summed E-state index contributed by atoms with van der Waals surface area (Å²) in [5.41, 5.74) is -0.181. The summed E-state index contributed by atoms with van der Waals surface area (Å²) in [7, 11) is 0. The molecule has 0 aromatic carbocycles. The Morgan fingerprint density at radius 3 is 1.09 bits per heavy atom. The molecule has 0 aromatic heterocycles. The summed E-state index contributed by atoms with van der Waals surface area (Å²) in [5.74, 6) is -2.33. The van der Waals surface area contributed by atoms with E-state index in [1.807, 2.05) is 20.8 Å². The van der Waals surface area contributed by atoms with Crippen LogP contribution in [0.2, 0.25) is 0 Å². The molecule has 0 radical (unpaired) electrons. The van der Waals surface area contributed by atoms with Crippen LogP contribution < -0.4 is 0 Å². The zero-order chi connectivity index (χ0) is 76.4. The molecule has 11 aliphatic heterocycles. The van der Waals surface area contributed by atoms with Gasteiger partial charge in [-0.2, -0.15) is 0 Å². The number of esters is 12. The standard InChI is InChI=1S/C12H24O2.C10H16O6.C8H14O2.C6H8O3.C6H10O2.C5H8O3.2C5H8O2.C4H5BrO2.2C4H6O2.C3H4O2/c1-2-3-4-5-6-7-8-9-10-11-14-12-13;11-9-1-2-10(12)16-8-6-14-4-3-13-5-7-15-9;9-8-6-4-2-1-3-5-7-10-8;1-4(7)5-2-3-9-6(5)8;7-6-4-2-1-3-5-8-6;6-5-1-2-7-3-4-8-5;1-5(2)3-7-4(5)6;6-5-3-1-2-4-7-5;5-3-1-2-7-4(3)6;1-3-2-4(5)6-3;5-4-2-1-3-6-4;4-3-1-2-5-3/h12H,2-11H2,1H3;1-8H2;1-7H2;5H,2-3H2,1H3;1-5H2;1-4H2;3H2,1-2H3;1-4H2;3H,1-2H2;3H,2H2,1H3;1-3H2;1-2H2. The van der Waals surface area contributed by atoms with Crippen molar-refractivity contribution in [1.29, 1.82) is 0 Å². The van der Waals surface area contributed by atoms with E-state index in [1.54, 1.807) is 0 Å². The first kappa shape index (κ1) is 96.1. The monoisotopic (exact) mass is 1540 g/mol. The van der Waals surface area contributed by atoms with Crippen molar-refractivity contribution < 1.29 is 143 Å². The number of ether oxygens (including phenoxy) is 16. The highest BCUT2D eigenvalue weighted by Crippen LogP contribution is 2.26. The van der Waals surface area contributed by atoms with Gasteiger partial charge in [0.05, 0.1) is 123 Å². The van der Waals surface area contributed by atoms with Gasteiger partial charge in [0.15, 0.2) is 0 Å². The number of hydrogen-bond donors (Lipinski definition) is 0. The number of cyclic esters (lactones) is 12. The van der Waals surface area contributed by atoms with Gasteiger partial charge in [0.1, 0.15) is 55.7 Å². The lowest BCUT2D eigenvalue weighted by Gasteiger charge is -2.31. The summed E-state index contributed by atoms with van der Waals surface area (Å²) in [6.45, 7) is 18.6. The number of rotatable bonds is 12. The quantitative estimate of drug-likeness (QED) is 0.0438. The fourth-order valence-corrected chi connectivity index (χ4v) is 8.97. The van der Waals surface area contributed by atoms with Gasteiger partial charge in [0, 0.05) is 38.5 Å². The van der Waals surface area contributed by atoms with Gasteiger partial charge in [0.2, 0.25) is 0 Å². The Hall–Kier alpha value is -6.86. The van der Waals surface area contributed by atoms with E-state index in [4.69, 9.17) is 33.2 Å². The van der Waals surface area contributed by atoms with E-state index in [9.17, 15) is 67.1 Å². The topological polar surface area (TPSA) is 387 Å². The van der Waals surface area contributed by atoms with Crippen LogP contribution in [-0.4, -0.2) is 214 Å². The third kappa shape index (κ3) is 61.2. The molecule has 0 aliphatic carbocycles. The van der Waals surface area contributed by atoms with E-state index < -0.39 is 17.9 Å². The summed E-state index contributed by atoms with van der Waals surface area (Å²) in [6.07, 6.45) is 29.4. The van der Waals surface area contributed by atoms with Crippen LogP contribution in [0.25, 0.3) is 0 Å². The maximum atomic E-state index is 11.1. The molecule has 0 bridgehead atoms. The average molecular weight is 1540 g/mol. The molecule has 3 atom stereocenters. The number of Topliss-reactive ketones (excluding diaryl/α,β-unsaturated/α-hetero) is 1. The highest BCUT2D eigenvalue weighted by Gasteiger charge is 2.39. The lowest BCUT2D eigenvalue weighted by molar-refractivity contribution is -0.180. The molecule has 0 N–H and O–H groups in total. The fraction of sp³-hybridized carbons (Fsp3) is 0.806. The Labute approximate surface area is 615 Å². The van der Waals surface area contributed by atoms with Crippen molar-refractivity contribution in [1.82, 2.24) is 0 Å². The Morgan fingerprint density at radius 2 is 0.767 bits per heavy atom. The summed E-state index contributed by atoms with van der Waals surface area (Å²) in [5, 5.41) is 0. The van der Waals surface area contributed by atoms with E-state index in [-0.39, 0.29) is 108 Å². The normalized spacial score (nSPS) is 21.9. The summed E-state index contributed by atoms with van der Waals surface area (Å²) in [4.78, 5) is 145. The Kier molecular flexibility index (Phi) is 61.5. The van der Waals surface area contributed by atoms with Crippen molar-refractivity contribution >= 4 is 99.8 Å². The molecular formula is C72H117BrO30. The molecule has 103 heavy (non-hydrogen) atoms. The molecule has 0 saturated carbocycles. The van der Waals surface area contributed by atoms with Crippen LogP contribution in [0.15, 0.2) is 0 Å². The second-order valence-electron chi connectivity index (χ2n) is 24.8. The van der Waals surface area contributed by atoms with Gasteiger partial charge in [0.25, 0.3) is 6.47 Å². The number of unbranched alkanes of at least 4 members (excludes halogenated alkanes) is 8. The second-order valence-corrected chi connectivity index (χ2v) is 25.9. The molecule has 11 heterocycles. The SMILES string of the molecule is CC(=O)C1CCOC1=O.CC1(C)COC1=O.CC1CC(=O)O1.CCCCCCCCCCCOC=O.O=C1CCC(=O)OCCOCCOCCO1.O=C1CCCCCCCO1.O=C1CCCCCO1.O=C1CCCCO1.O=C1CCCO1.O=C1CCO1.O=C1CCOCCO1.O=C1OCCC1Br. The first-order valence-corrected chi connectivity index (χ1v) is 37.3. The molecule has 31 heteroatoms. The molecule has 592 valence electrons. The van der Waals surface area contributed by atoms with Gasteiger partial charge in [-0.05, 0) is 85.5 Å². The second kappa shape index (κ2) is 65.9. The smallest absolute Gasteiger partial charge is 0.319 e. The maximum absolute atomic E-state index is 11.1. The van der Waals surface area contributed by atoms with Crippen LogP contribution in [0.5, 0.6) is 0 Å². The number of halogens is 1. The van der Waals surface area contributed by atoms with E-state index in [2.05, 4.69) is 65.5 Å². The molecule has 0 amide bonds. The van der Waals surface area contributed by atoms with Crippen LogP contribution in [0.1, 0.15) is 234 Å². The largest absolute Gasteiger partial charge is 0.468 e. The molecule has 0 spiro atoms. The van der Waals surface area contributed by atoms with Crippen LogP contribution in [0.4, 0.5) is 0 Å². The lowest BCUT2D eigenvalue weighted by atomic mass is 9.91. The number of ketones is 1. The first-order valence-electron chi connectivity index (χ1n) is 36.4. The maximum Gasteiger partial charge on any atom is 0.319 e. The van der Waals surface area contributed by atoms with Crippen molar-refractivity contribution in [3.8, 4) is 0 Å². The van der Waals surface area contributed by atoms with Gasteiger partial charge in [-0.15, -0.1) is 0 Å². The van der Waals surface area contributed by atoms with Crippen molar-refractivity contribution in [2.75, 3.05) is 119 Å². The molecule has 0 aromatic rings. The van der Waals surface area contributed by atoms with E-state index in [0.29, 0.717) is 164 Å². The van der Waals surface area contributed by atoms with Crippen LogP contribution >= 0.6 is 15.9 Å². The molecular weight excluding hydrogens is 1420 g/mol. The summed E-state index contributed by atoms with van der Waals surface area (Å²) in [6, 6.07) is 0. The zero-order valence-corrected chi connectivity index (χ0v) is 63.2. The average Bonchev–Trinajstić information content (AvgIpc) is 0.994. The predicted octanol–water partition coefficient (Wildman–Crippen LogP) is 9.22. The molecule has 30 nitrogen and oxygen atoms in total. The van der Waals surface area contributed by atoms with Gasteiger partial charge < -0.3 is 75.8 Å². The number of alkyl halides is 1. The molecule has 11 aliphatic rings. The van der Waals surface area contributed by atoms with Gasteiger partial charge in [-0.3, -0.25) is 67.1 Å². The molecule has 11 fully saturated rings. The van der Waals surface area contributed by atoms with E-state index in [1.165, 1.54) is 77.6 Å². The van der Waals surface area contributed by atoms with Crippen LogP contribution in [-0.2, 0) is 143 Å². The number of hydrogen-bond acceptors (Lipinski definition) is 30. The lowest BCUT2D eigenvalue weighted by Crippen LogP contribution is -2.42. The molecule has 11 rings (SSSR count). The molecule has 11 saturated heterocycles. The summed E-state index contributed by atoms with van der Waals surface area (Å²) >= 11 is 3.13. The third-order valence-corrected chi connectivity index (χ3v) is 15.8. The van der Waals surface area contributed by atoms with Crippen molar-refractivity contribution in [3.05, 3.63) is 0 Å². The van der Waals surface area contributed by atoms with Crippen molar-refractivity contribution in [3.63, 3.8) is 0 Å². The van der Waals surface area contributed by atoms with Crippen molar-refractivity contribution in [2.24, 2.45) is 11.3 Å². The van der Waals surface area contributed by atoms with Gasteiger partial charge in [-0.25, -0.2) is 0 Å². The predicted molar refractivity (Wildman–Crippen MR) is 370 cm³/mol. The first-order chi connectivity index (χ1) is 49.5. The highest BCUT2D eigenvalue weighted by molar-refractivity contribution is 9.10. The van der Waals surface area contributed by atoms with E-state index in [0.717, 1.165) is 64.2 Å².